The lowest BCUT2D eigenvalue weighted by Gasteiger charge is -2.39. The van der Waals surface area contributed by atoms with Crippen molar-refractivity contribution in [2.45, 2.75) is 63.3 Å². The first-order chi connectivity index (χ1) is 9.03. The zero-order valence-electron chi connectivity index (χ0n) is 11.2. The molecule has 0 spiro atoms. The minimum atomic E-state index is -2.55. The second-order valence-electron chi connectivity index (χ2n) is 5.79. The van der Waals surface area contributed by atoms with Crippen LogP contribution < -0.4 is 0 Å². The normalized spacial score (nSPS) is 28.4. The van der Waals surface area contributed by atoms with Crippen LogP contribution in [0.2, 0.25) is 0 Å². The number of hydrogen-bond acceptors (Lipinski definition) is 1. The second kappa shape index (κ2) is 6.51. The van der Waals surface area contributed by atoms with Gasteiger partial charge in [0.15, 0.2) is 0 Å². The van der Waals surface area contributed by atoms with Crippen molar-refractivity contribution in [3.05, 3.63) is 0 Å². The number of nitrogens with zero attached hydrogens (tertiary/aromatic N) is 1. The molecular formula is C14H22BrF2NO. The Morgan fingerprint density at radius 1 is 1.21 bits per heavy atom. The fourth-order valence-electron chi connectivity index (χ4n) is 3.24. The van der Waals surface area contributed by atoms with Crippen LogP contribution >= 0.6 is 15.9 Å². The van der Waals surface area contributed by atoms with Crippen LogP contribution in [0.3, 0.4) is 0 Å². The minimum absolute atomic E-state index is 0.125. The second-order valence-corrected chi connectivity index (χ2v) is 6.58. The Labute approximate surface area is 122 Å². The molecule has 2 fully saturated rings. The molecule has 1 unspecified atom stereocenters. The Bertz CT molecular complexity index is 313. The molecule has 1 heterocycles. The van der Waals surface area contributed by atoms with Crippen molar-refractivity contribution in [1.29, 1.82) is 0 Å². The summed E-state index contributed by atoms with van der Waals surface area (Å²) in [5.41, 5.74) is 0. The third-order valence-electron chi connectivity index (χ3n) is 4.42. The highest BCUT2D eigenvalue weighted by Gasteiger charge is 2.39. The maximum Gasteiger partial charge on any atom is 0.248 e. The van der Waals surface area contributed by atoms with Gasteiger partial charge in [0, 0.05) is 36.7 Å². The first-order valence-electron chi connectivity index (χ1n) is 7.28. The van der Waals surface area contributed by atoms with Crippen molar-refractivity contribution in [2.24, 2.45) is 5.92 Å². The minimum Gasteiger partial charge on any atom is -0.339 e. The van der Waals surface area contributed by atoms with Gasteiger partial charge in [-0.3, -0.25) is 4.79 Å². The van der Waals surface area contributed by atoms with Crippen molar-refractivity contribution in [3.63, 3.8) is 0 Å². The summed E-state index contributed by atoms with van der Waals surface area (Å²) >= 11 is 3.44. The lowest BCUT2D eigenvalue weighted by Crippen LogP contribution is -2.47. The topological polar surface area (TPSA) is 20.3 Å². The number of rotatable bonds is 3. The van der Waals surface area contributed by atoms with Crippen LogP contribution in [0.15, 0.2) is 0 Å². The summed E-state index contributed by atoms with van der Waals surface area (Å²) in [6.07, 6.45) is 4.69. The molecule has 2 nitrogen and oxygen atoms in total. The molecule has 0 aromatic heterocycles. The molecular weight excluding hydrogens is 316 g/mol. The Hall–Kier alpha value is -0.190. The Balaban J connectivity index is 1.94. The number of hydrogen-bond donors (Lipinski definition) is 0. The summed E-state index contributed by atoms with van der Waals surface area (Å²) in [7, 11) is 0. The molecule has 0 bridgehead atoms. The summed E-state index contributed by atoms with van der Waals surface area (Å²) in [5, 5.41) is 0.893. The van der Waals surface area contributed by atoms with E-state index >= 15 is 0 Å². The quantitative estimate of drug-likeness (QED) is 0.713. The highest BCUT2D eigenvalue weighted by atomic mass is 79.9. The van der Waals surface area contributed by atoms with E-state index < -0.39 is 5.92 Å². The van der Waals surface area contributed by atoms with E-state index in [1.165, 1.54) is 6.42 Å². The molecule has 0 N–H and O–H groups in total. The molecule has 1 amide bonds. The Kier molecular flexibility index (Phi) is 5.21. The predicted octanol–water partition coefficient (Wildman–Crippen LogP) is 3.98. The lowest BCUT2D eigenvalue weighted by atomic mass is 9.85. The zero-order valence-corrected chi connectivity index (χ0v) is 12.8. The molecule has 0 aromatic carbocycles. The van der Waals surface area contributed by atoms with E-state index in [0.29, 0.717) is 18.9 Å². The number of piperidine rings is 1. The molecule has 1 aliphatic carbocycles. The fraction of sp³-hybridized carbons (Fsp3) is 0.929. The largest absolute Gasteiger partial charge is 0.339 e. The van der Waals surface area contributed by atoms with Gasteiger partial charge in [0.25, 0.3) is 0 Å². The van der Waals surface area contributed by atoms with Crippen LogP contribution in [0.25, 0.3) is 0 Å². The van der Waals surface area contributed by atoms with Crippen LogP contribution in [0.5, 0.6) is 0 Å². The Morgan fingerprint density at radius 2 is 1.89 bits per heavy atom. The summed E-state index contributed by atoms with van der Waals surface area (Å²) < 4.78 is 26.3. The van der Waals surface area contributed by atoms with E-state index in [4.69, 9.17) is 0 Å². The summed E-state index contributed by atoms with van der Waals surface area (Å²) in [4.78, 5) is 14.5. The van der Waals surface area contributed by atoms with Gasteiger partial charge in [-0.15, -0.1) is 0 Å². The van der Waals surface area contributed by atoms with Crippen LogP contribution in [-0.2, 0) is 4.79 Å². The van der Waals surface area contributed by atoms with Gasteiger partial charge < -0.3 is 4.90 Å². The van der Waals surface area contributed by atoms with Gasteiger partial charge in [-0.1, -0.05) is 15.9 Å². The first kappa shape index (κ1) is 15.2. The van der Waals surface area contributed by atoms with Crippen molar-refractivity contribution < 1.29 is 13.6 Å². The van der Waals surface area contributed by atoms with Crippen molar-refractivity contribution in [1.82, 2.24) is 4.90 Å². The number of carbonyl (C=O) groups excluding carboxylic acids is 1. The summed E-state index contributed by atoms with van der Waals surface area (Å²) in [6.45, 7) is 0.809. The van der Waals surface area contributed by atoms with Crippen LogP contribution in [0.4, 0.5) is 8.78 Å². The van der Waals surface area contributed by atoms with Gasteiger partial charge in [0.2, 0.25) is 11.8 Å². The maximum absolute atomic E-state index is 13.1. The average molecular weight is 338 g/mol. The zero-order chi connectivity index (χ0) is 13.9. The predicted molar refractivity (Wildman–Crippen MR) is 74.7 cm³/mol. The number of alkyl halides is 3. The maximum atomic E-state index is 13.1. The van der Waals surface area contributed by atoms with Gasteiger partial charge in [-0.05, 0) is 38.5 Å². The van der Waals surface area contributed by atoms with E-state index in [1.54, 1.807) is 0 Å². The van der Waals surface area contributed by atoms with Crippen LogP contribution in [0, 0.1) is 5.92 Å². The van der Waals surface area contributed by atoms with E-state index in [1.807, 2.05) is 4.90 Å². The monoisotopic (exact) mass is 337 g/mol. The van der Waals surface area contributed by atoms with Gasteiger partial charge >= 0.3 is 0 Å². The molecule has 19 heavy (non-hydrogen) atoms. The van der Waals surface area contributed by atoms with Crippen LogP contribution in [-0.4, -0.2) is 34.6 Å². The molecule has 1 aliphatic heterocycles. The van der Waals surface area contributed by atoms with Gasteiger partial charge in [-0.2, -0.15) is 0 Å². The first-order valence-corrected chi connectivity index (χ1v) is 8.40. The lowest BCUT2D eigenvalue weighted by molar-refractivity contribution is -0.143. The highest BCUT2D eigenvalue weighted by Crippen LogP contribution is 2.37. The molecule has 1 saturated carbocycles. The van der Waals surface area contributed by atoms with Gasteiger partial charge in [-0.25, -0.2) is 8.78 Å². The standard InChI is InChI=1S/C14H22BrF2NO/c15-9-6-12-3-1-2-10-18(12)13(19)11-4-7-14(16,17)8-5-11/h11-12H,1-10H2. The van der Waals surface area contributed by atoms with Crippen molar-refractivity contribution >= 4 is 21.8 Å². The van der Waals surface area contributed by atoms with Gasteiger partial charge in [0.1, 0.15) is 0 Å². The third kappa shape index (κ3) is 3.89. The number of likely N-dealkylation sites (tertiary alicyclic amines) is 1. The molecule has 110 valence electrons. The molecule has 0 radical (unpaired) electrons. The molecule has 0 aromatic rings. The molecule has 2 aliphatic rings. The number of amides is 1. The molecule has 1 saturated heterocycles. The fourth-order valence-corrected chi connectivity index (χ4v) is 3.77. The SMILES string of the molecule is O=C(C1CCC(F)(F)CC1)N1CCCCC1CCBr. The third-order valence-corrected chi connectivity index (χ3v) is 4.88. The van der Waals surface area contributed by atoms with Crippen molar-refractivity contribution in [3.8, 4) is 0 Å². The van der Waals surface area contributed by atoms with E-state index in [9.17, 15) is 13.6 Å². The van der Waals surface area contributed by atoms with E-state index in [0.717, 1.165) is 31.1 Å². The number of halogens is 3. The molecule has 5 heteroatoms. The van der Waals surface area contributed by atoms with E-state index in [-0.39, 0.29) is 24.7 Å². The summed E-state index contributed by atoms with van der Waals surface area (Å²) in [6, 6.07) is 0.308. The molecule has 2 rings (SSSR count). The van der Waals surface area contributed by atoms with Crippen LogP contribution in [0.1, 0.15) is 51.4 Å². The average Bonchev–Trinajstić information content (AvgIpc) is 2.39. The number of carbonyl (C=O) groups is 1. The van der Waals surface area contributed by atoms with E-state index in [2.05, 4.69) is 15.9 Å². The molecule has 1 atom stereocenters. The Morgan fingerprint density at radius 3 is 2.53 bits per heavy atom. The van der Waals surface area contributed by atoms with Gasteiger partial charge in [0.05, 0.1) is 0 Å². The summed E-state index contributed by atoms with van der Waals surface area (Å²) in [5.74, 6) is -2.59. The highest BCUT2D eigenvalue weighted by molar-refractivity contribution is 9.09. The smallest absolute Gasteiger partial charge is 0.248 e. The van der Waals surface area contributed by atoms with Crippen molar-refractivity contribution in [2.75, 3.05) is 11.9 Å².